The van der Waals surface area contributed by atoms with Gasteiger partial charge in [0.15, 0.2) is 0 Å². The number of hydrogen-bond acceptors (Lipinski definition) is 4. The van der Waals surface area contributed by atoms with Crippen LogP contribution in [0.2, 0.25) is 0 Å². The fourth-order valence-electron chi connectivity index (χ4n) is 1.05. The number of thioether (sulfide) groups is 1. The first-order valence-electron chi connectivity index (χ1n) is 5.67. The Balaban J connectivity index is 3.23. The molecule has 0 rings (SSSR count). The second-order valence-corrected chi connectivity index (χ2v) is 8.79. The summed E-state index contributed by atoms with van der Waals surface area (Å²) in [5.74, 6) is 1.99. The molecule has 0 saturated carbocycles. The van der Waals surface area contributed by atoms with Crippen molar-refractivity contribution in [2.75, 3.05) is 36.6 Å². The van der Waals surface area contributed by atoms with E-state index in [0.29, 0.717) is 16.9 Å². The van der Waals surface area contributed by atoms with Crippen LogP contribution in [-0.4, -0.2) is 45.0 Å². The number of sulfone groups is 1. The van der Waals surface area contributed by atoms with Crippen molar-refractivity contribution in [3.05, 3.63) is 0 Å². The minimum atomic E-state index is -2.78. The molecule has 1 N–H and O–H groups in total. The number of hydrogen-bond donors (Lipinski definition) is 1. The maximum atomic E-state index is 10.8. The van der Waals surface area contributed by atoms with E-state index in [-0.39, 0.29) is 0 Å². The third-order valence-corrected chi connectivity index (χ3v) is 4.26. The molecule has 0 saturated heterocycles. The van der Waals surface area contributed by atoms with E-state index in [9.17, 15) is 8.42 Å². The molecule has 3 nitrogen and oxygen atoms in total. The van der Waals surface area contributed by atoms with E-state index in [1.807, 2.05) is 0 Å². The minimum absolute atomic E-state index is 0.291. The van der Waals surface area contributed by atoms with Crippen LogP contribution in [0.4, 0.5) is 0 Å². The summed E-state index contributed by atoms with van der Waals surface area (Å²) >= 11 is 1.70. The van der Waals surface area contributed by atoms with Gasteiger partial charge in [0.2, 0.25) is 0 Å². The summed E-state index contributed by atoms with van der Waals surface area (Å²) in [5.41, 5.74) is 0.385. The first-order valence-corrected chi connectivity index (χ1v) is 8.88. The summed E-state index contributed by atoms with van der Waals surface area (Å²) in [6.45, 7) is 8.70. The van der Waals surface area contributed by atoms with Gasteiger partial charge in [-0.2, -0.15) is 11.8 Å². The standard InChI is InChI=1S/C11H25NO2S2/c1-11(2,3)5-6-12-7-8-15-9-10-16(4,13)14/h12H,5-10H2,1-4H3. The summed E-state index contributed by atoms with van der Waals surface area (Å²) in [5, 5.41) is 3.37. The Bertz CT molecular complexity index is 268. The molecule has 0 bridgehead atoms. The average molecular weight is 267 g/mol. The topological polar surface area (TPSA) is 46.2 Å². The van der Waals surface area contributed by atoms with Crippen molar-refractivity contribution in [2.45, 2.75) is 27.2 Å². The summed E-state index contributed by atoms with van der Waals surface area (Å²) in [6, 6.07) is 0. The van der Waals surface area contributed by atoms with Gasteiger partial charge >= 0.3 is 0 Å². The van der Waals surface area contributed by atoms with Crippen LogP contribution < -0.4 is 5.32 Å². The molecule has 0 atom stereocenters. The van der Waals surface area contributed by atoms with E-state index < -0.39 is 9.84 Å². The van der Waals surface area contributed by atoms with Gasteiger partial charge in [-0.3, -0.25) is 0 Å². The zero-order valence-electron chi connectivity index (χ0n) is 10.9. The van der Waals surface area contributed by atoms with E-state index in [0.717, 1.165) is 18.8 Å². The van der Waals surface area contributed by atoms with Crippen molar-refractivity contribution in [2.24, 2.45) is 5.41 Å². The molecule has 0 spiro atoms. The van der Waals surface area contributed by atoms with Gasteiger partial charge in [-0.1, -0.05) is 20.8 Å². The third-order valence-electron chi connectivity index (χ3n) is 2.07. The molecule has 0 aliphatic heterocycles. The zero-order chi connectivity index (χ0) is 12.7. The summed E-state index contributed by atoms with van der Waals surface area (Å²) in [4.78, 5) is 0. The van der Waals surface area contributed by atoms with Crippen LogP contribution in [0.3, 0.4) is 0 Å². The fourth-order valence-corrected chi connectivity index (χ4v) is 3.22. The summed E-state index contributed by atoms with van der Waals surface area (Å²) in [7, 11) is -2.78. The second-order valence-electron chi connectivity index (χ2n) is 5.30. The Hall–Kier alpha value is 0.260. The van der Waals surface area contributed by atoms with E-state index in [1.54, 1.807) is 11.8 Å². The van der Waals surface area contributed by atoms with Crippen molar-refractivity contribution < 1.29 is 8.42 Å². The summed E-state index contributed by atoms with van der Waals surface area (Å²) < 4.78 is 21.7. The smallest absolute Gasteiger partial charge is 0.148 e. The summed E-state index contributed by atoms with van der Waals surface area (Å²) in [6.07, 6.45) is 2.45. The maximum Gasteiger partial charge on any atom is 0.148 e. The maximum absolute atomic E-state index is 10.8. The van der Waals surface area contributed by atoms with Gasteiger partial charge in [0.1, 0.15) is 9.84 Å². The van der Waals surface area contributed by atoms with Crippen molar-refractivity contribution in [3.63, 3.8) is 0 Å². The van der Waals surface area contributed by atoms with E-state index in [4.69, 9.17) is 0 Å². The van der Waals surface area contributed by atoms with Gasteiger partial charge in [0, 0.05) is 24.3 Å². The minimum Gasteiger partial charge on any atom is -0.316 e. The van der Waals surface area contributed by atoms with Gasteiger partial charge in [-0.05, 0) is 18.4 Å². The predicted molar refractivity (Wildman–Crippen MR) is 74.0 cm³/mol. The SMILES string of the molecule is CC(C)(C)CCNCCSCCS(C)(=O)=O. The molecule has 0 heterocycles. The molecule has 0 aromatic carbocycles. The van der Waals surface area contributed by atoms with Gasteiger partial charge in [-0.15, -0.1) is 0 Å². The Kier molecular flexibility index (Phi) is 7.68. The lowest BCUT2D eigenvalue weighted by Crippen LogP contribution is -2.23. The van der Waals surface area contributed by atoms with Crippen LogP contribution >= 0.6 is 11.8 Å². The van der Waals surface area contributed by atoms with Crippen LogP contribution in [0.5, 0.6) is 0 Å². The Morgan fingerprint density at radius 2 is 1.75 bits per heavy atom. The molecular formula is C11H25NO2S2. The molecule has 98 valence electrons. The zero-order valence-corrected chi connectivity index (χ0v) is 12.5. The highest BCUT2D eigenvalue weighted by Crippen LogP contribution is 2.16. The fraction of sp³-hybridized carbons (Fsp3) is 1.00. The Labute approximate surface area is 105 Å². The molecule has 0 aromatic heterocycles. The van der Waals surface area contributed by atoms with Crippen molar-refractivity contribution in [1.29, 1.82) is 0 Å². The van der Waals surface area contributed by atoms with Gasteiger partial charge in [-0.25, -0.2) is 8.42 Å². The number of nitrogens with one attached hydrogen (secondary N) is 1. The normalized spacial score (nSPS) is 13.0. The molecule has 0 fully saturated rings. The van der Waals surface area contributed by atoms with Crippen LogP contribution in [-0.2, 0) is 9.84 Å². The van der Waals surface area contributed by atoms with E-state index >= 15 is 0 Å². The highest BCUT2D eigenvalue weighted by molar-refractivity contribution is 8.00. The highest BCUT2D eigenvalue weighted by Gasteiger charge is 2.08. The predicted octanol–water partition coefficient (Wildman–Crippen LogP) is 1.79. The molecule has 0 unspecified atom stereocenters. The van der Waals surface area contributed by atoms with Gasteiger partial charge < -0.3 is 5.32 Å². The lowest BCUT2D eigenvalue weighted by molar-refractivity contribution is 0.369. The van der Waals surface area contributed by atoms with E-state index in [2.05, 4.69) is 26.1 Å². The van der Waals surface area contributed by atoms with Crippen LogP contribution in [0, 0.1) is 5.41 Å². The largest absolute Gasteiger partial charge is 0.316 e. The molecule has 5 heteroatoms. The van der Waals surface area contributed by atoms with Gasteiger partial charge in [0.25, 0.3) is 0 Å². The quantitative estimate of drug-likeness (QED) is 0.681. The first-order chi connectivity index (χ1) is 7.21. The molecule has 0 amide bonds. The van der Waals surface area contributed by atoms with Crippen molar-refractivity contribution in [3.8, 4) is 0 Å². The molecule has 0 aromatic rings. The molecule has 0 radical (unpaired) electrons. The van der Waals surface area contributed by atoms with Crippen LogP contribution in [0.15, 0.2) is 0 Å². The molecule has 0 aliphatic rings. The molecular weight excluding hydrogens is 242 g/mol. The lowest BCUT2D eigenvalue weighted by atomic mass is 9.92. The average Bonchev–Trinajstić information content (AvgIpc) is 2.06. The molecule has 16 heavy (non-hydrogen) atoms. The van der Waals surface area contributed by atoms with Crippen molar-refractivity contribution in [1.82, 2.24) is 5.32 Å². The van der Waals surface area contributed by atoms with Gasteiger partial charge in [0.05, 0.1) is 5.75 Å². The van der Waals surface area contributed by atoms with E-state index in [1.165, 1.54) is 12.7 Å². The van der Waals surface area contributed by atoms with Crippen molar-refractivity contribution >= 4 is 21.6 Å². The lowest BCUT2D eigenvalue weighted by Gasteiger charge is -2.17. The second kappa shape index (κ2) is 7.56. The first kappa shape index (κ1) is 16.3. The Morgan fingerprint density at radius 1 is 1.12 bits per heavy atom. The van der Waals surface area contributed by atoms with Crippen LogP contribution in [0.1, 0.15) is 27.2 Å². The molecule has 0 aliphatic carbocycles. The third kappa shape index (κ3) is 14.3. The number of rotatable bonds is 8. The Morgan fingerprint density at radius 3 is 2.25 bits per heavy atom. The monoisotopic (exact) mass is 267 g/mol. The highest BCUT2D eigenvalue weighted by atomic mass is 32.2. The van der Waals surface area contributed by atoms with Crippen LogP contribution in [0.25, 0.3) is 0 Å².